The number of rotatable bonds is 5. The van der Waals surface area contributed by atoms with Crippen LogP contribution < -0.4 is 5.32 Å². The molecule has 17 heavy (non-hydrogen) atoms. The summed E-state index contributed by atoms with van der Waals surface area (Å²) in [6.07, 6.45) is -0.0167. The molecule has 0 unspecified atom stereocenters. The van der Waals surface area contributed by atoms with Gasteiger partial charge in [0, 0.05) is 3.57 Å². The molecule has 0 heterocycles. The van der Waals surface area contributed by atoms with Crippen LogP contribution >= 0.6 is 34.2 Å². The van der Waals surface area contributed by atoms with Crippen LogP contribution in [0.3, 0.4) is 0 Å². The lowest BCUT2D eigenvalue weighted by atomic mass is 10.0. The molecule has 0 radical (unpaired) electrons. The Kier molecular flexibility index (Phi) is 6.22. The quantitative estimate of drug-likeness (QED) is 0.617. The Morgan fingerprint density at radius 2 is 2.29 bits per heavy atom. The number of aliphatic hydroxyl groups excluding tert-OH is 1. The van der Waals surface area contributed by atoms with Gasteiger partial charge in [0.15, 0.2) is 0 Å². The van der Waals surface area contributed by atoms with Crippen molar-refractivity contribution < 1.29 is 9.90 Å². The maximum atomic E-state index is 11.2. The second kappa shape index (κ2) is 7.18. The van der Waals surface area contributed by atoms with Crippen LogP contribution in [0.1, 0.15) is 12.5 Å². The molecule has 94 valence electrons. The van der Waals surface area contributed by atoms with E-state index in [1.807, 2.05) is 24.3 Å². The molecular weight excluding hydrogens is 352 g/mol. The van der Waals surface area contributed by atoms with E-state index in [2.05, 4.69) is 27.9 Å². The lowest BCUT2D eigenvalue weighted by Gasteiger charge is -2.21. The van der Waals surface area contributed by atoms with Crippen molar-refractivity contribution in [1.82, 2.24) is 5.32 Å². The van der Waals surface area contributed by atoms with E-state index in [1.54, 1.807) is 6.92 Å². The minimum absolute atomic E-state index is 0.0878. The van der Waals surface area contributed by atoms with E-state index in [9.17, 15) is 9.90 Å². The number of hydrogen-bond donors (Lipinski definition) is 2. The van der Waals surface area contributed by atoms with Crippen LogP contribution in [0, 0.1) is 3.57 Å². The Labute approximate surface area is 120 Å². The average Bonchev–Trinajstić information content (AvgIpc) is 2.27. The highest BCUT2D eigenvalue weighted by Gasteiger charge is 2.17. The van der Waals surface area contributed by atoms with Crippen LogP contribution in [0.5, 0.6) is 0 Å². The lowest BCUT2D eigenvalue weighted by molar-refractivity contribution is -0.120. The molecule has 1 aromatic carbocycles. The molecule has 0 aliphatic carbocycles. The number of benzene rings is 1. The van der Waals surface area contributed by atoms with Gasteiger partial charge in [-0.2, -0.15) is 0 Å². The SMILES string of the molecule is C[C@@H](O)[C@@H](Cc1cccc(I)c1)NC(=O)CCl. The summed E-state index contributed by atoms with van der Waals surface area (Å²) in [6, 6.07) is 7.66. The van der Waals surface area contributed by atoms with Crippen LogP contribution in [0.15, 0.2) is 24.3 Å². The van der Waals surface area contributed by atoms with Gasteiger partial charge in [0.25, 0.3) is 0 Å². The maximum absolute atomic E-state index is 11.2. The number of carbonyl (C=O) groups excluding carboxylic acids is 1. The highest BCUT2D eigenvalue weighted by Crippen LogP contribution is 2.11. The highest BCUT2D eigenvalue weighted by molar-refractivity contribution is 14.1. The van der Waals surface area contributed by atoms with E-state index in [0.29, 0.717) is 6.42 Å². The fourth-order valence-corrected chi connectivity index (χ4v) is 2.19. The van der Waals surface area contributed by atoms with Gasteiger partial charge < -0.3 is 10.4 Å². The Hall–Kier alpha value is -0.330. The average molecular weight is 368 g/mol. The summed E-state index contributed by atoms with van der Waals surface area (Å²) in [4.78, 5) is 11.2. The second-order valence-corrected chi connectivity index (χ2v) is 5.40. The molecule has 0 aromatic heterocycles. The molecule has 0 spiro atoms. The molecule has 5 heteroatoms. The summed E-state index contributed by atoms with van der Waals surface area (Å²) in [5, 5.41) is 12.3. The van der Waals surface area contributed by atoms with Gasteiger partial charge in [-0.3, -0.25) is 4.79 Å². The van der Waals surface area contributed by atoms with E-state index in [4.69, 9.17) is 11.6 Å². The largest absolute Gasteiger partial charge is 0.391 e. The molecule has 0 saturated carbocycles. The first-order valence-electron chi connectivity index (χ1n) is 5.30. The molecule has 1 rings (SSSR count). The number of hydrogen-bond acceptors (Lipinski definition) is 2. The van der Waals surface area contributed by atoms with Gasteiger partial charge in [0.2, 0.25) is 5.91 Å². The Bertz CT molecular complexity index is 385. The smallest absolute Gasteiger partial charge is 0.235 e. The number of aliphatic hydroxyl groups is 1. The first kappa shape index (κ1) is 14.7. The molecule has 0 fully saturated rings. The van der Waals surface area contributed by atoms with Gasteiger partial charge in [0.05, 0.1) is 12.1 Å². The molecule has 1 aromatic rings. The van der Waals surface area contributed by atoms with Crippen molar-refractivity contribution in [2.45, 2.75) is 25.5 Å². The van der Waals surface area contributed by atoms with Crippen LogP contribution in [0.2, 0.25) is 0 Å². The number of alkyl halides is 1. The molecule has 2 atom stereocenters. The fourth-order valence-electron chi connectivity index (χ4n) is 1.51. The van der Waals surface area contributed by atoms with Crippen molar-refractivity contribution in [3.63, 3.8) is 0 Å². The van der Waals surface area contributed by atoms with Gasteiger partial charge in [-0.05, 0) is 53.6 Å². The third-order valence-electron chi connectivity index (χ3n) is 2.39. The fraction of sp³-hybridized carbons (Fsp3) is 0.417. The van der Waals surface area contributed by atoms with Crippen molar-refractivity contribution in [1.29, 1.82) is 0 Å². The molecule has 0 saturated heterocycles. The standard InChI is InChI=1S/C12H15ClINO2/c1-8(16)11(15-12(17)7-13)6-9-3-2-4-10(14)5-9/h2-5,8,11,16H,6-7H2,1H3,(H,15,17)/t8-,11-/m1/s1. The first-order valence-corrected chi connectivity index (χ1v) is 6.92. The predicted octanol–water partition coefficient (Wildman–Crippen LogP) is 1.94. The minimum atomic E-state index is -0.611. The summed E-state index contributed by atoms with van der Waals surface area (Å²) in [5.74, 6) is -0.349. The predicted molar refractivity (Wildman–Crippen MR) is 77.2 cm³/mol. The number of amides is 1. The Morgan fingerprint density at radius 1 is 1.59 bits per heavy atom. The summed E-state index contributed by atoms with van der Waals surface area (Å²) in [6.45, 7) is 1.66. The zero-order valence-electron chi connectivity index (χ0n) is 9.49. The van der Waals surface area contributed by atoms with Gasteiger partial charge in [-0.15, -0.1) is 11.6 Å². The zero-order chi connectivity index (χ0) is 12.8. The van der Waals surface area contributed by atoms with E-state index < -0.39 is 6.10 Å². The second-order valence-electron chi connectivity index (χ2n) is 3.88. The van der Waals surface area contributed by atoms with E-state index >= 15 is 0 Å². The van der Waals surface area contributed by atoms with Crippen LogP contribution in [-0.2, 0) is 11.2 Å². The Morgan fingerprint density at radius 3 is 2.82 bits per heavy atom. The van der Waals surface area contributed by atoms with E-state index in [1.165, 1.54) is 0 Å². The van der Waals surface area contributed by atoms with Gasteiger partial charge in [0.1, 0.15) is 5.88 Å². The molecular formula is C12H15ClINO2. The third-order valence-corrected chi connectivity index (χ3v) is 3.31. The number of nitrogens with one attached hydrogen (secondary N) is 1. The number of halogens is 2. The minimum Gasteiger partial charge on any atom is -0.391 e. The molecule has 3 nitrogen and oxygen atoms in total. The van der Waals surface area contributed by atoms with Crippen LogP contribution in [0.25, 0.3) is 0 Å². The van der Waals surface area contributed by atoms with Gasteiger partial charge >= 0.3 is 0 Å². The lowest BCUT2D eigenvalue weighted by Crippen LogP contribution is -2.44. The summed E-state index contributed by atoms with van der Waals surface area (Å²) in [5.41, 5.74) is 1.08. The van der Waals surface area contributed by atoms with E-state index in [-0.39, 0.29) is 17.8 Å². The van der Waals surface area contributed by atoms with Crippen LogP contribution in [-0.4, -0.2) is 29.0 Å². The van der Waals surface area contributed by atoms with Crippen molar-refractivity contribution in [3.05, 3.63) is 33.4 Å². The van der Waals surface area contributed by atoms with Crippen molar-refractivity contribution in [2.24, 2.45) is 0 Å². The molecule has 0 aliphatic rings. The number of carbonyl (C=O) groups is 1. The van der Waals surface area contributed by atoms with Crippen molar-refractivity contribution >= 4 is 40.1 Å². The molecule has 1 amide bonds. The maximum Gasteiger partial charge on any atom is 0.235 e. The van der Waals surface area contributed by atoms with Crippen molar-refractivity contribution in [3.8, 4) is 0 Å². The molecule has 0 aliphatic heterocycles. The first-order chi connectivity index (χ1) is 8.02. The topological polar surface area (TPSA) is 49.3 Å². The van der Waals surface area contributed by atoms with Crippen molar-refractivity contribution in [2.75, 3.05) is 5.88 Å². The summed E-state index contributed by atoms with van der Waals surface area (Å²) >= 11 is 7.67. The molecule has 2 N–H and O–H groups in total. The summed E-state index contributed by atoms with van der Waals surface area (Å²) in [7, 11) is 0. The normalized spacial score (nSPS) is 14.1. The summed E-state index contributed by atoms with van der Waals surface area (Å²) < 4.78 is 1.13. The molecule has 0 bridgehead atoms. The highest BCUT2D eigenvalue weighted by atomic mass is 127. The monoisotopic (exact) mass is 367 g/mol. The van der Waals surface area contributed by atoms with Gasteiger partial charge in [-0.25, -0.2) is 0 Å². The third kappa shape index (κ3) is 5.23. The van der Waals surface area contributed by atoms with Gasteiger partial charge in [-0.1, -0.05) is 12.1 Å². The van der Waals surface area contributed by atoms with Crippen LogP contribution in [0.4, 0.5) is 0 Å². The zero-order valence-corrected chi connectivity index (χ0v) is 12.4. The van der Waals surface area contributed by atoms with E-state index in [0.717, 1.165) is 9.13 Å². The Balaban J connectivity index is 2.70.